The number of hydrogen-bond acceptors (Lipinski definition) is 4. The van der Waals surface area contributed by atoms with Crippen LogP contribution in [-0.2, 0) is 19.4 Å². The van der Waals surface area contributed by atoms with Crippen molar-refractivity contribution < 1.29 is 17.9 Å². The number of likely N-dealkylation sites (N-methyl/N-ethyl adjacent to an activating group) is 1. The van der Waals surface area contributed by atoms with Crippen molar-refractivity contribution in [3.8, 4) is 0 Å². The summed E-state index contributed by atoms with van der Waals surface area (Å²) in [6.07, 6.45) is 1.08. The number of rotatable bonds is 4. The maximum Gasteiger partial charge on any atom is 0.254 e. The summed E-state index contributed by atoms with van der Waals surface area (Å²) < 4.78 is 28.0. The third kappa shape index (κ3) is 2.98. The lowest BCUT2D eigenvalue weighted by Gasteiger charge is -2.33. The van der Waals surface area contributed by atoms with Gasteiger partial charge in [0.15, 0.2) is 9.84 Å². The topological polar surface area (TPSA) is 63.7 Å². The van der Waals surface area contributed by atoms with E-state index < -0.39 is 15.4 Å². The van der Waals surface area contributed by atoms with Crippen LogP contribution >= 0.6 is 0 Å². The van der Waals surface area contributed by atoms with E-state index in [-0.39, 0.29) is 23.5 Å². The maximum atomic E-state index is 12.2. The highest BCUT2D eigenvalue weighted by atomic mass is 32.2. The van der Waals surface area contributed by atoms with Crippen LogP contribution in [0.3, 0.4) is 0 Å². The Labute approximate surface area is 103 Å². The zero-order valence-corrected chi connectivity index (χ0v) is 11.7. The van der Waals surface area contributed by atoms with Crippen LogP contribution in [0.5, 0.6) is 0 Å². The predicted octanol–water partition coefficient (Wildman–Crippen LogP) is 0.447. The van der Waals surface area contributed by atoms with E-state index >= 15 is 0 Å². The molecule has 17 heavy (non-hydrogen) atoms. The van der Waals surface area contributed by atoms with Gasteiger partial charge < -0.3 is 9.64 Å². The van der Waals surface area contributed by atoms with Crippen LogP contribution in [0.25, 0.3) is 0 Å². The van der Waals surface area contributed by atoms with Crippen molar-refractivity contribution in [3.05, 3.63) is 0 Å². The molecule has 0 saturated carbocycles. The van der Waals surface area contributed by atoms with Gasteiger partial charge in [-0.05, 0) is 19.8 Å². The molecule has 0 aromatic rings. The quantitative estimate of drug-likeness (QED) is 0.738. The number of amides is 1. The average Bonchev–Trinajstić information content (AvgIpc) is 2.66. The largest absolute Gasteiger partial charge is 0.369 e. The zero-order valence-electron chi connectivity index (χ0n) is 10.9. The number of sulfone groups is 1. The molecule has 0 aromatic heterocycles. The van der Waals surface area contributed by atoms with Crippen LogP contribution in [0.1, 0.15) is 26.7 Å². The molecule has 0 spiro atoms. The third-order valence-corrected chi connectivity index (χ3v) is 5.40. The molecule has 1 fully saturated rings. The second-order valence-electron chi connectivity index (χ2n) is 4.76. The second-order valence-corrected chi connectivity index (χ2v) is 6.99. The summed E-state index contributed by atoms with van der Waals surface area (Å²) in [5.41, 5.74) is -0.860. The van der Waals surface area contributed by atoms with Gasteiger partial charge in [-0.15, -0.1) is 0 Å². The first-order valence-corrected chi connectivity index (χ1v) is 7.60. The van der Waals surface area contributed by atoms with Crippen LogP contribution in [0.4, 0.5) is 0 Å². The third-order valence-electron chi connectivity index (χ3n) is 3.65. The fourth-order valence-corrected chi connectivity index (χ4v) is 3.78. The fraction of sp³-hybridized carbons (Fsp3) is 0.909. The molecule has 1 aliphatic heterocycles. The van der Waals surface area contributed by atoms with E-state index in [1.807, 2.05) is 6.92 Å². The van der Waals surface area contributed by atoms with Gasteiger partial charge in [-0.3, -0.25) is 4.79 Å². The zero-order chi connectivity index (χ0) is 13.3. The number of hydrogen-bond donors (Lipinski definition) is 0. The van der Waals surface area contributed by atoms with Gasteiger partial charge in [0, 0.05) is 20.2 Å². The molecule has 0 radical (unpaired) electrons. The van der Waals surface area contributed by atoms with Crippen LogP contribution in [0.2, 0.25) is 0 Å². The molecule has 2 atom stereocenters. The minimum Gasteiger partial charge on any atom is -0.369 e. The molecule has 1 heterocycles. The van der Waals surface area contributed by atoms with Crippen molar-refractivity contribution >= 4 is 15.7 Å². The van der Waals surface area contributed by atoms with E-state index in [2.05, 4.69) is 0 Å². The summed E-state index contributed by atoms with van der Waals surface area (Å²) in [6, 6.07) is -0.214. The first-order valence-electron chi connectivity index (χ1n) is 5.78. The second kappa shape index (κ2) is 4.94. The van der Waals surface area contributed by atoms with Gasteiger partial charge in [0.1, 0.15) is 5.60 Å². The molecule has 1 aliphatic rings. The Hall–Kier alpha value is -0.620. The van der Waals surface area contributed by atoms with Gasteiger partial charge >= 0.3 is 0 Å². The lowest BCUT2D eigenvalue weighted by Crippen LogP contribution is -2.50. The Balaban J connectivity index is 2.78. The van der Waals surface area contributed by atoms with E-state index in [1.54, 1.807) is 14.0 Å². The van der Waals surface area contributed by atoms with Crippen molar-refractivity contribution in [2.45, 2.75) is 38.3 Å². The molecular weight excluding hydrogens is 242 g/mol. The molecule has 0 aromatic carbocycles. The first-order chi connectivity index (χ1) is 7.75. The van der Waals surface area contributed by atoms with E-state index in [1.165, 1.54) is 12.0 Å². The Bertz CT molecular complexity index is 386. The Morgan fingerprint density at radius 2 is 2.12 bits per heavy atom. The maximum absolute atomic E-state index is 12.2. The van der Waals surface area contributed by atoms with E-state index in [4.69, 9.17) is 4.74 Å². The molecule has 100 valence electrons. The molecule has 1 rings (SSSR count). The van der Waals surface area contributed by atoms with Gasteiger partial charge in [0.25, 0.3) is 5.91 Å². The minimum absolute atomic E-state index is 0.0682. The highest BCUT2D eigenvalue weighted by molar-refractivity contribution is 7.91. The summed E-state index contributed by atoms with van der Waals surface area (Å²) in [7, 11) is 0.187. The van der Waals surface area contributed by atoms with Crippen molar-refractivity contribution in [2.75, 3.05) is 25.7 Å². The van der Waals surface area contributed by atoms with Gasteiger partial charge in [0.05, 0.1) is 11.5 Å². The number of methoxy groups -OCH3 is 1. The van der Waals surface area contributed by atoms with Crippen molar-refractivity contribution in [2.24, 2.45) is 0 Å². The summed E-state index contributed by atoms with van der Waals surface area (Å²) in [4.78, 5) is 13.8. The van der Waals surface area contributed by atoms with Crippen LogP contribution in [0.15, 0.2) is 0 Å². The molecule has 2 unspecified atom stereocenters. The summed E-state index contributed by atoms with van der Waals surface area (Å²) in [6.45, 7) is 3.61. The van der Waals surface area contributed by atoms with E-state index in [0.29, 0.717) is 12.8 Å². The molecule has 5 nitrogen and oxygen atoms in total. The molecule has 0 bridgehead atoms. The van der Waals surface area contributed by atoms with Gasteiger partial charge in [0.2, 0.25) is 0 Å². The summed E-state index contributed by atoms with van der Waals surface area (Å²) in [5, 5.41) is 0. The number of nitrogens with zero attached hydrogens (tertiary/aromatic N) is 1. The van der Waals surface area contributed by atoms with Crippen molar-refractivity contribution in [1.29, 1.82) is 0 Å². The standard InChI is InChI=1S/C11H21NO4S/c1-5-11(2,16-4)10(13)12(3)9-6-7-17(14,15)8-9/h9H,5-8H2,1-4H3. The lowest BCUT2D eigenvalue weighted by atomic mass is 10.0. The molecule has 1 saturated heterocycles. The summed E-state index contributed by atoms with van der Waals surface area (Å²) in [5.74, 6) is 0.0914. The monoisotopic (exact) mass is 263 g/mol. The smallest absolute Gasteiger partial charge is 0.254 e. The van der Waals surface area contributed by atoms with Gasteiger partial charge in [-0.1, -0.05) is 6.92 Å². The molecule has 0 aliphatic carbocycles. The molecular formula is C11H21NO4S. The highest BCUT2D eigenvalue weighted by Crippen LogP contribution is 2.22. The van der Waals surface area contributed by atoms with Gasteiger partial charge in [-0.2, -0.15) is 0 Å². The fourth-order valence-electron chi connectivity index (χ4n) is 2.00. The average molecular weight is 263 g/mol. The van der Waals surface area contributed by atoms with Gasteiger partial charge in [-0.25, -0.2) is 8.42 Å². The minimum atomic E-state index is -2.97. The Morgan fingerprint density at radius 1 is 1.53 bits per heavy atom. The van der Waals surface area contributed by atoms with Crippen molar-refractivity contribution in [3.63, 3.8) is 0 Å². The number of carbonyl (C=O) groups is 1. The predicted molar refractivity (Wildman–Crippen MR) is 65.5 cm³/mol. The molecule has 0 N–H and O–H groups in total. The Kier molecular flexibility index (Phi) is 4.19. The highest BCUT2D eigenvalue weighted by Gasteiger charge is 2.39. The van der Waals surface area contributed by atoms with Crippen LogP contribution in [0, 0.1) is 0 Å². The van der Waals surface area contributed by atoms with E-state index in [9.17, 15) is 13.2 Å². The first kappa shape index (κ1) is 14.4. The van der Waals surface area contributed by atoms with Crippen LogP contribution < -0.4 is 0 Å². The lowest BCUT2D eigenvalue weighted by molar-refractivity contribution is -0.153. The number of ether oxygens (including phenoxy) is 1. The normalized spacial score (nSPS) is 26.5. The number of carbonyl (C=O) groups excluding carboxylic acids is 1. The Morgan fingerprint density at radius 3 is 2.47 bits per heavy atom. The molecule has 1 amide bonds. The summed E-state index contributed by atoms with van der Waals surface area (Å²) >= 11 is 0. The van der Waals surface area contributed by atoms with E-state index in [0.717, 1.165) is 0 Å². The molecule has 6 heteroatoms. The van der Waals surface area contributed by atoms with Crippen molar-refractivity contribution in [1.82, 2.24) is 4.90 Å². The SMILES string of the molecule is CCC(C)(OC)C(=O)N(C)C1CCS(=O)(=O)C1. The van der Waals surface area contributed by atoms with Crippen LogP contribution in [-0.4, -0.2) is 56.5 Å².